The van der Waals surface area contributed by atoms with E-state index in [2.05, 4.69) is 0 Å². The third-order valence-corrected chi connectivity index (χ3v) is 2.22. The second-order valence-electron chi connectivity index (χ2n) is 3.46. The first-order chi connectivity index (χ1) is 7.54. The second kappa shape index (κ2) is 5.25. The van der Waals surface area contributed by atoms with Crippen molar-refractivity contribution >= 4 is 11.5 Å². The lowest BCUT2D eigenvalue weighted by Gasteiger charge is -2.06. The molecule has 0 saturated heterocycles. The molecule has 1 aromatic rings. The number of ketones is 1. The van der Waals surface area contributed by atoms with Gasteiger partial charge in [-0.1, -0.05) is 0 Å². The molecule has 0 atom stereocenters. The van der Waals surface area contributed by atoms with E-state index in [4.69, 9.17) is 4.74 Å². The molecule has 0 fully saturated rings. The number of hydrogen-bond donors (Lipinski definition) is 0. The third kappa shape index (κ3) is 3.05. The molecule has 86 valence electrons. The number of hydrogen-bond acceptors (Lipinski definition) is 4. The number of nitrogens with zero attached hydrogens (tertiary/aromatic N) is 1. The van der Waals surface area contributed by atoms with Crippen molar-refractivity contribution in [3.8, 4) is 5.75 Å². The third-order valence-electron chi connectivity index (χ3n) is 2.22. The van der Waals surface area contributed by atoms with Crippen LogP contribution in [0.5, 0.6) is 5.75 Å². The Bertz CT molecular complexity index is 414. The fourth-order valence-electron chi connectivity index (χ4n) is 1.38. The number of rotatable bonds is 5. The number of carbonyl (C=O) groups is 1. The van der Waals surface area contributed by atoms with Crippen molar-refractivity contribution in [2.24, 2.45) is 0 Å². The largest absolute Gasteiger partial charge is 0.496 e. The average Bonchev–Trinajstić information content (AvgIpc) is 2.25. The summed E-state index contributed by atoms with van der Waals surface area (Å²) in [7, 11) is 1.50. The van der Waals surface area contributed by atoms with E-state index < -0.39 is 4.92 Å². The van der Waals surface area contributed by atoms with Crippen LogP contribution in [-0.4, -0.2) is 17.8 Å². The van der Waals surface area contributed by atoms with E-state index in [-0.39, 0.29) is 11.5 Å². The molecule has 1 aromatic carbocycles. The normalized spacial score (nSPS) is 9.88. The number of methoxy groups -OCH3 is 1. The molecular weight excluding hydrogens is 210 g/mol. The molecule has 0 spiro atoms. The van der Waals surface area contributed by atoms with Crippen molar-refractivity contribution in [2.75, 3.05) is 7.11 Å². The molecule has 0 aliphatic rings. The highest BCUT2D eigenvalue weighted by Crippen LogP contribution is 2.25. The Hall–Kier alpha value is -1.91. The van der Waals surface area contributed by atoms with Crippen LogP contribution in [0.1, 0.15) is 18.9 Å². The molecular formula is C11H13NO4. The fraction of sp³-hybridized carbons (Fsp3) is 0.364. The summed E-state index contributed by atoms with van der Waals surface area (Å²) in [5, 5.41) is 10.6. The number of nitro benzene ring substituents is 1. The number of nitro groups is 1. The number of Topliss-reactive ketones (excluding diaryl/α,β-unsaturated/α-hetero) is 1. The minimum absolute atomic E-state index is 0.0133. The number of carbonyl (C=O) groups excluding carboxylic acids is 1. The Morgan fingerprint density at radius 3 is 2.69 bits per heavy atom. The highest BCUT2D eigenvalue weighted by molar-refractivity contribution is 5.75. The van der Waals surface area contributed by atoms with E-state index in [0.717, 1.165) is 0 Å². The molecule has 0 N–H and O–H groups in total. The summed E-state index contributed by atoms with van der Waals surface area (Å²) in [5.41, 5.74) is 0.700. The summed E-state index contributed by atoms with van der Waals surface area (Å²) in [4.78, 5) is 21.0. The van der Waals surface area contributed by atoms with Gasteiger partial charge in [-0.2, -0.15) is 0 Å². The van der Waals surface area contributed by atoms with Crippen LogP contribution in [0, 0.1) is 10.1 Å². The molecule has 0 aliphatic carbocycles. The average molecular weight is 223 g/mol. The van der Waals surface area contributed by atoms with Gasteiger partial charge in [0.05, 0.1) is 12.0 Å². The smallest absolute Gasteiger partial charge is 0.269 e. The van der Waals surface area contributed by atoms with Crippen LogP contribution in [0.3, 0.4) is 0 Å². The SMILES string of the molecule is COc1ccc([N+](=O)[O-])cc1CCC(C)=O. The van der Waals surface area contributed by atoms with Crippen LogP contribution in [-0.2, 0) is 11.2 Å². The molecule has 0 aliphatic heterocycles. The van der Waals surface area contributed by atoms with Crippen LogP contribution >= 0.6 is 0 Å². The zero-order chi connectivity index (χ0) is 12.1. The summed E-state index contributed by atoms with van der Waals surface area (Å²) < 4.78 is 5.08. The number of ether oxygens (including phenoxy) is 1. The van der Waals surface area contributed by atoms with E-state index >= 15 is 0 Å². The highest BCUT2D eigenvalue weighted by atomic mass is 16.6. The maximum Gasteiger partial charge on any atom is 0.269 e. The first-order valence-electron chi connectivity index (χ1n) is 4.85. The summed E-state index contributed by atoms with van der Waals surface area (Å²) in [6.07, 6.45) is 0.817. The van der Waals surface area contributed by atoms with Gasteiger partial charge >= 0.3 is 0 Å². The maximum absolute atomic E-state index is 10.9. The zero-order valence-electron chi connectivity index (χ0n) is 9.23. The summed E-state index contributed by atoms with van der Waals surface area (Å²) in [6, 6.07) is 4.38. The lowest BCUT2D eigenvalue weighted by atomic mass is 10.1. The van der Waals surface area contributed by atoms with Gasteiger partial charge in [0.15, 0.2) is 0 Å². The molecule has 5 nitrogen and oxygen atoms in total. The number of aryl methyl sites for hydroxylation is 1. The zero-order valence-corrected chi connectivity index (χ0v) is 9.23. The van der Waals surface area contributed by atoms with Crippen molar-refractivity contribution in [3.05, 3.63) is 33.9 Å². The van der Waals surface area contributed by atoms with E-state index in [1.165, 1.54) is 26.2 Å². The van der Waals surface area contributed by atoms with E-state index in [0.29, 0.717) is 24.2 Å². The fourth-order valence-corrected chi connectivity index (χ4v) is 1.38. The minimum Gasteiger partial charge on any atom is -0.496 e. The molecule has 0 unspecified atom stereocenters. The predicted octanol–water partition coefficient (Wildman–Crippen LogP) is 2.12. The molecule has 0 heterocycles. The Morgan fingerprint density at radius 2 is 2.19 bits per heavy atom. The maximum atomic E-state index is 10.9. The van der Waals surface area contributed by atoms with Crippen molar-refractivity contribution in [2.45, 2.75) is 19.8 Å². The lowest BCUT2D eigenvalue weighted by Crippen LogP contribution is -1.98. The van der Waals surface area contributed by atoms with Crippen molar-refractivity contribution in [3.63, 3.8) is 0 Å². The minimum atomic E-state index is -0.462. The van der Waals surface area contributed by atoms with Crippen LogP contribution in [0.25, 0.3) is 0 Å². The van der Waals surface area contributed by atoms with Crippen LogP contribution in [0.4, 0.5) is 5.69 Å². The van der Waals surface area contributed by atoms with E-state index in [9.17, 15) is 14.9 Å². The summed E-state index contributed by atoms with van der Waals surface area (Å²) in [6.45, 7) is 1.49. The van der Waals surface area contributed by atoms with Gasteiger partial charge in [0.2, 0.25) is 0 Å². The molecule has 16 heavy (non-hydrogen) atoms. The Kier molecular flexibility index (Phi) is 3.99. The van der Waals surface area contributed by atoms with Gasteiger partial charge in [-0.15, -0.1) is 0 Å². The summed E-state index contributed by atoms with van der Waals surface area (Å²) >= 11 is 0. The van der Waals surface area contributed by atoms with Crippen LogP contribution in [0.2, 0.25) is 0 Å². The molecule has 0 radical (unpaired) electrons. The molecule has 0 aromatic heterocycles. The van der Waals surface area contributed by atoms with Crippen molar-refractivity contribution < 1.29 is 14.5 Å². The molecule has 0 bridgehead atoms. The van der Waals surface area contributed by atoms with E-state index in [1.54, 1.807) is 6.07 Å². The van der Waals surface area contributed by atoms with Gasteiger partial charge in [0, 0.05) is 24.1 Å². The summed E-state index contributed by atoms with van der Waals surface area (Å²) in [5.74, 6) is 0.625. The molecule has 5 heteroatoms. The molecule has 0 amide bonds. The first-order valence-corrected chi connectivity index (χ1v) is 4.85. The standard InChI is InChI=1S/C11H13NO4/c1-8(13)3-4-9-7-10(12(14)15)5-6-11(9)16-2/h5-7H,3-4H2,1-2H3. The highest BCUT2D eigenvalue weighted by Gasteiger charge is 2.11. The Labute approximate surface area is 93.2 Å². The van der Waals surface area contributed by atoms with Gasteiger partial charge in [0.25, 0.3) is 5.69 Å². The van der Waals surface area contributed by atoms with Gasteiger partial charge < -0.3 is 9.53 Å². The van der Waals surface area contributed by atoms with E-state index in [1.807, 2.05) is 0 Å². The van der Waals surface area contributed by atoms with Gasteiger partial charge in [-0.3, -0.25) is 10.1 Å². The van der Waals surface area contributed by atoms with Gasteiger partial charge in [0.1, 0.15) is 11.5 Å². The Balaban J connectivity index is 2.97. The van der Waals surface area contributed by atoms with Crippen molar-refractivity contribution in [1.82, 2.24) is 0 Å². The second-order valence-corrected chi connectivity index (χ2v) is 3.46. The van der Waals surface area contributed by atoms with Gasteiger partial charge in [-0.05, 0) is 19.4 Å². The number of non-ortho nitro benzene ring substituents is 1. The van der Waals surface area contributed by atoms with Gasteiger partial charge in [-0.25, -0.2) is 0 Å². The predicted molar refractivity (Wildman–Crippen MR) is 58.7 cm³/mol. The Morgan fingerprint density at radius 1 is 1.50 bits per heavy atom. The monoisotopic (exact) mass is 223 g/mol. The van der Waals surface area contributed by atoms with Crippen LogP contribution in [0.15, 0.2) is 18.2 Å². The topological polar surface area (TPSA) is 69.4 Å². The molecule has 1 rings (SSSR count). The lowest BCUT2D eigenvalue weighted by molar-refractivity contribution is -0.384. The first kappa shape index (κ1) is 12.2. The van der Waals surface area contributed by atoms with Crippen molar-refractivity contribution in [1.29, 1.82) is 0 Å². The molecule has 0 saturated carbocycles. The van der Waals surface area contributed by atoms with Crippen LogP contribution < -0.4 is 4.74 Å². The quantitative estimate of drug-likeness (QED) is 0.566. The number of benzene rings is 1.